The minimum atomic E-state index is -1.06. The summed E-state index contributed by atoms with van der Waals surface area (Å²) in [4.78, 5) is 30.9. The van der Waals surface area contributed by atoms with Crippen LogP contribution >= 0.6 is 11.8 Å². The Morgan fingerprint density at radius 2 is 2.27 bits per heavy atom. The van der Waals surface area contributed by atoms with E-state index >= 15 is 0 Å². The van der Waals surface area contributed by atoms with Crippen molar-refractivity contribution in [2.24, 2.45) is 10.9 Å². The molecule has 1 saturated heterocycles. The van der Waals surface area contributed by atoms with Crippen LogP contribution in [0.3, 0.4) is 0 Å². The van der Waals surface area contributed by atoms with Crippen molar-refractivity contribution in [2.45, 2.75) is 18.7 Å². The van der Waals surface area contributed by atoms with Gasteiger partial charge < -0.3 is 9.47 Å². The van der Waals surface area contributed by atoms with Crippen LogP contribution < -0.4 is 4.74 Å². The standard InChI is InChI=1S/C15H14N2O4S/c1-15-11(13(19)20-2)12(8-5-3-4-6-9(8)21-15)17-10(18)7-22-14(17)16-15/h3-6,11-12H,7H2,1-2H3/t11?,12?,15-/m0/s1. The van der Waals surface area contributed by atoms with Crippen LogP contribution in [0.5, 0.6) is 5.75 Å². The van der Waals surface area contributed by atoms with E-state index in [0.29, 0.717) is 16.7 Å². The molecule has 0 aliphatic carbocycles. The first kappa shape index (κ1) is 13.6. The number of fused-ring (bicyclic) bond motifs is 6. The number of amides is 1. The average molecular weight is 318 g/mol. The van der Waals surface area contributed by atoms with E-state index in [1.54, 1.807) is 11.8 Å². The number of hydrogen-bond acceptors (Lipinski definition) is 6. The molecule has 1 fully saturated rings. The molecule has 1 aromatic carbocycles. The highest BCUT2D eigenvalue weighted by molar-refractivity contribution is 8.15. The summed E-state index contributed by atoms with van der Waals surface area (Å²) in [5, 5.41) is 0.618. The lowest BCUT2D eigenvalue weighted by Crippen LogP contribution is -2.59. The quantitative estimate of drug-likeness (QED) is 0.735. The maximum Gasteiger partial charge on any atom is 0.317 e. The van der Waals surface area contributed by atoms with Crippen molar-refractivity contribution >= 4 is 28.8 Å². The Kier molecular flexibility index (Phi) is 2.78. The molecule has 3 aliphatic heterocycles. The normalized spacial score (nSPS) is 31.8. The lowest BCUT2D eigenvalue weighted by Gasteiger charge is -2.48. The SMILES string of the molecule is COC(=O)C1C2c3ccccc3O[C@]1(C)N=C1SCC(=O)N12. The summed E-state index contributed by atoms with van der Waals surface area (Å²) in [5.41, 5.74) is -0.242. The highest BCUT2D eigenvalue weighted by Crippen LogP contribution is 2.52. The first-order chi connectivity index (χ1) is 10.5. The molecule has 2 bridgehead atoms. The number of carbonyl (C=O) groups excluding carboxylic acids is 2. The van der Waals surface area contributed by atoms with Gasteiger partial charge in [0, 0.05) is 5.56 Å². The fourth-order valence-electron chi connectivity index (χ4n) is 3.35. The number of esters is 1. The Labute approximate surface area is 131 Å². The molecule has 4 rings (SSSR count). The van der Waals surface area contributed by atoms with Gasteiger partial charge in [-0.3, -0.25) is 14.5 Å². The molecule has 0 N–H and O–H groups in total. The summed E-state index contributed by atoms with van der Waals surface area (Å²) in [6.07, 6.45) is 0. The molecule has 0 aromatic heterocycles. The predicted molar refractivity (Wildman–Crippen MR) is 80.5 cm³/mol. The van der Waals surface area contributed by atoms with E-state index in [-0.39, 0.29) is 5.91 Å². The number of ether oxygens (including phenoxy) is 2. The van der Waals surface area contributed by atoms with Gasteiger partial charge in [0.2, 0.25) is 11.6 Å². The Hall–Kier alpha value is -2.02. The van der Waals surface area contributed by atoms with Gasteiger partial charge in [0.25, 0.3) is 0 Å². The third kappa shape index (κ3) is 1.65. The number of amidine groups is 1. The minimum absolute atomic E-state index is 0.0404. The monoisotopic (exact) mass is 318 g/mol. The lowest BCUT2D eigenvalue weighted by molar-refractivity contribution is -0.161. The van der Waals surface area contributed by atoms with Gasteiger partial charge >= 0.3 is 5.97 Å². The number of hydrogen-bond donors (Lipinski definition) is 0. The summed E-state index contributed by atoms with van der Waals surface area (Å²) >= 11 is 1.38. The molecule has 7 heteroatoms. The smallest absolute Gasteiger partial charge is 0.317 e. The van der Waals surface area contributed by atoms with Crippen molar-refractivity contribution in [3.63, 3.8) is 0 Å². The Morgan fingerprint density at radius 3 is 3.05 bits per heavy atom. The fraction of sp³-hybridized carbons (Fsp3) is 0.400. The molecule has 6 nitrogen and oxygen atoms in total. The van der Waals surface area contributed by atoms with Crippen LogP contribution in [0.2, 0.25) is 0 Å². The number of carbonyl (C=O) groups is 2. The van der Waals surface area contributed by atoms with Crippen LogP contribution in [0.1, 0.15) is 18.5 Å². The molecule has 2 unspecified atom stereocenters. The van der Waals surface area contributed by atoms with Crippen LogP contribution in [0.4, 0.5) is 0 Å². The van der Waals surface area contributed by atoms with Gasteiger partial charge in [-0.05, 0) is 13.0 Å². The summed E-state index contributed by atoms with van der Waals surface area (Å²) < 4.78 is 11.0. The lowest BCUT2D eigenvalue weighted by atomic mass is 9.80. The molecule has 3 atom stereocenters. The molecule has 0 radical (unpaired) electrons. The van der Waals surface area contributed by atoms with Crippen LogP contribution in [-0.4, -0.2) is 40.5 Å². The molecule has 3 aliphatic rings. The van der Waals surface area contributed by atoms with Crippen LogP contribution in [0.25, 0.3) is 0 Å². The van der Waals surface area contributed by atoms with Crippen molar-refractivity contribution in [2.75, 3.05) is 12.9 Å². The number of methoxy groups -OCH3 is 1. The topological polar surface area (TPSA) is 68.2 Å². The van der Waals surface area contributed by atoms with Gasteiger partial charge in [0.1, 0.15) is 11.7 Å². The largest absolute Gasteiger partial charge is 0.469 e. The van der Waals surface area contributed by atoms with Gasteiger partial charge in [0.05, 0.1) is 18.9 Å². The molecular weight excluding hydrogens is 304 g/mol. The van der Waals surface area contributed by atoms with E-state index in [1.807, 2.05) is 24.3 Å². The summed E-state index contributed by atoms with van der Waals surface area (Å²) in [7, 11) is 1.34. The van der Waals surface area contributed by atoms with E-state index in [4.69, 9.17) is 9.47 Å². The van der Waals surface area contributed by atoms with Crippen molar-refractivity contribution in [1.82, 2.24) is 4.90 Å². The third-order valence-corrected chi connectivity index (χ3v) is 5.23. The summed E-state index contributed by atoms with van der Waals surface area (Å²) in [5.74, 6) is -0.154. The van der Waals surface area contributed by atoms with Gasteiger partial charge in [-0.25, -0.2) is 4.99 Å². The van der Waals surface area contributed by atoms with Crippen molar-refractivity contribution in [3.8, 4) is 5.75 Å². The number of rotatable bonds is 1. The Morgan fingerprint density at radius 1 is 1.50 bits per heavy atom. The molecule has 1 aromatic rings. The van der Waals surface area contributed by atoms with E-state index in [2.05, 4.69) is 4.99 Å². The Bertz CT molecular complexity index is 719. The third-order valence-electron chi connectivity index (χ3n) is 4.30. The number of para-hydroxylation sites is 1. The number of nitrogens with zero attached hydrogens (tertiary/aromatic N) is 2. The second-order valence-electron chi connectivity index (χ2n) is 5.59. The first-order valence-electron chi connectivity index (χ1n) is 6.95. The predicted octanol–water partition coefficient (Wildman–Crippen LogP) is 1.57. The summed E-state index contributed by atoms with van der Waals surface area (Å²) in [6, 6.07) is 7.02. The second kappa shape index (κ2) is 4.49. The molecule has 114 valence electrons. The summed E-state index contributed by atoms with van der Waals surface area (Å²) in [6.45, 7) is 1.77. The molecular formula is C15H14N2O4S. The first-order valence-corrected chi connectivity index (χ1v) is 7.94. The second-order valence-corrected chi connectivity index (χ2v) is 6.53. The Balaban J connectivity index is 1.97. The molecule has 3 heterocycles. The van der Waals surface area contributed by atoms with Gasteiger partial charge in [-0.15, -0.1) is 0 Å². The van der Waals surface area contributed by atoms with Gasteiger partial charge in [0.15, 0.2) is 5.17 Å². The van der Waals surface area contributed by atoms with Crippen LogP contribution in [0, 0.1) is 5.92 Å². The van der Waals surface area contributed by atoms with E-state index < -0.39 is 23.7 Å². The number of benzene rings is 1. The molecule has 22 heavy (non-hydrogen) atoms. The number of thioether (sulfide) groups is 1. The molecule has 1 amide bonds. The van der Waals surface area contributed by atoms with Crippen LogP contribution in [-0.2, 0) is 14.3 Å². The molecule has 0 spiro atoms. The van der Waals surface area contributed by atoms with Crippen molar-refractivity contribution < 1.29 is 19.1 Å². The van der Waals surface area contributed by atoms with Gasteiger partial charge in [-0.1, -0.05) is 30.0 Å². The maximum atomic E-state index is 12.4. The van der Waals surface area contributed by atoms with Crippen molar-refractivity contribution in [1.29, 1.82) is 0 Å². The highest BCUT2D eigenvalue weighted by atomic mass is 32.2. The van der Waals surface area contributed by atoms with Crippen LogP contribution in [0.15, 0.2) is 29.3 Å². The fourth-order valence-corrected chi connectivity index (χ4v) is 4.35. The van der Waals surface area contributed by atoms with Gasteiger partial charge in [-0.2, -0.15) is 0 Å². The average Bonchev–Trinajstić information content (AvgIpc) is 2.85. The minimum Gasteiger partial charge on any atom is -0.469 e. The zero-order valence-electron chi connectivity index (χ0n) is 12.1. The number of aliphatic imine (C=N–C) groups is 1. The zero-order chi connectivity index (χ0) is 15.5. The van der Waals surface area contributed by atoms with Crippen molar-refractivity contribution in [3.05, 3.63) is 29.8 Å². The van der Waals surface area contributed by atoms with E-state index in [1.165, 1.54) is 18.9 Å². The van der Waals surface area contributed by atoms with E-state index in [9.17, 15) is 9.59 Å². The molecule has 0 saturated carbocycles. The van der Waals surface area contributed by atoms with E-state index in [0.717, 1.165) is 5.56 Å². The zero-order valence-corrected chi connectivity index (χ0v) is 12.9. The maximum absolute atomic E-state index is 12.4. The highest BCUT2D eigenvalue weighted by Gasteiger charge is 2.59.